The van der Waals surface area contributed by atoms with Crippen LogP contribution in [0.15, 0.2) is 54.6 Å². The largest absolute Gasteiger partial charge is 0.497 e. The summed E-state index contributed by atoms with van der Waals surface area (Å²) in [6.07, 6.45) is 0. The Morgan fingerprint density at radius 3 is 2.38 bits per heavy atom. The van der Waals surface area contributed by atoms with Crippen LogP contribution in [0.2, 0.25) is 0 Å². The van der Waals surface area contributed by atoms with Crippen molar-refractivity contribution in [3.63, 3.8) is 0 Å². The second-order valence-corrected chi connectivity index (χ2v) is 7.67. The number of ether oxygens (including phenoxy) is 1. The quantitative estimate of drug-likeness (QED) is 0.522. The third kappa shape index (κ3) is 3.02. The average Bonchev–Trinajstić information content (AvgIpc) is 3.24. The number of carbonyl (C=O) groups is 2. The third-order valence-electron chi connectivity index (χ3n) is 3.92. The summed E-state index contributed by atoms with van der Waals surface area (Å²) in [5.41, 5.74) is 5.34. The van der Waals surface area contributed by atoms with Crippen LogP contribution in [0.1, 0.15) is 20.0 Å². The molecular weight excluding hydrogens is 368 g/mol. The van der Waals surface area contributed by atoms with Crippen LogP contribution in [0.4, 0.5) is 0 Å². The minimum atomic E-state index is -0.384. The van der Waals surface area contributed by atoms with Crippen molar-refractivity contribution in [3.8, 4) is 5.75 Å². The first-order valence-electron chi connectivity index (χ1n) is 7.81. The lowest BCUT2D eigenvalue weighted by Gasteiger charge is -2.06. The molecule has 2 N–H and O–H groups in total. The number of methoxy groups -OCH3 is 1. The number of hydrogen-bond donors (Lipinski definition) is 2. The van der Waals surface area contributed by atoms with Gasteiger partial charge in [-0.3, -0.25) is 20.4 Å². The average molecular weight is 382 g/mol. The number of thiophene rings is 2. The van der Waals surface area contributed by atoms with Gasteiger partial charge in [0.25, 0.3) is 11.8 Å². The van der Waals surface area contributed by atoms with Crippen molar-refractivity contribution in [1.82, 2.24) is 10.9 Å². The van der Waals surface area contributed by atoms with Crippen molar-refractivity contribution in [1.29, 1.82) is 0 Å². The molecule has 2 heterocycles. The zero-order valence-electron chi connectivity index (χ0n) is 13.7. The highest BCUT2D eigenvalue weighted by atomic mass is 32.1. The van der Waals surface area contributed by atoms with E-state index in [-0.39, 0.29) is 11.8 Å². The molecule has 5 nitrogen and oxygen atoms in total. The maximum Gasteiger partial charge on any atom is 0.279 e. The molecule has 0 aliphatic rings. The van der Waals surface area contributed by atoms with Gasteiger partial charge in [0.15, 0.2) is 0 Å². The van der Waals surface area contributed by atoms with E-state index in [2.05, 4.69) is 23.0 Å². The number of rotatable bonds is 3. The van der Waals surface area contributed by atoms with Crippen molar-refractivity contribution in [2.75, 3.05) is 7.11 Å². The van der Waals surface area contributed by atoms with Crippen molar-refractivity contribution in [2.24, 2.45) is 0 Å². The molecule has 0 saturated carbocycles. The molecule has 0 fully saturated rings. The fraction of sp³-hybridized carbons (Fsp3) is 0.0526. The van der Waals surface area contributed by atoms with Crippen LogP contribution in [-0.2, 0) is 0 Å². The van der Waals surface area contributed by atoms with Gasteiger partial charge in [0.05, 0.1) is 16.7 Å². The zero-order chi connectivity index (χ0) is 18.1. The van der Waals surface area contributed by atoms with Gasteiger partial charge in [-0.25, -0.2) is 0 Å². The first kappa shape index (κ1) is 16.6. The summed E-state index contributed by atoms with van der Waals surface area (Å²) in [6, 6.07) is 16.6. The van der Waals surface area contributed by atoms with Crippen molar-refractivity contribution < 1.29 is 14.3 Å². The molecule has 0 aliphatic carbocycles. The summed E-state index contributed by atoms with van der Waals surface area (Å²) in [5, 5.41) is 1.15. The predicted octanol–water partition coefficient (Wildman–Crippen LogP) is 4.20. The lowest BCUT2D eigenvalue weighted by Crippen LogP contribution is -2.41. The molecule has 4 aromatic rings. The van der Waals surface area contributed by atoms with Gasteiger partial charge in [-0.1, -0.05) is 18.2 Å². The van der Waals surface area contributed by atoms with Crippen LogP contribution in [0.5, 0.6) is 5.75 Å². The van der Waals surface area contributed by atoms with Gasteiger partial charge >= 0.3 is 0 Å². The number of hydrogen-bond acceptors (Lipinski definition) is 5. The first-order valence-corrected chi connectivity index (χ1v) is 9.45. The lowest BCUT2D eigenvalue weighted by molar-refractivity contribution is 0.0849. The van der Waals surface area contributed by atoms with E-state index in [0.29, 0.717) is 16.2 Å². The Hall–Kier alpha value is -2.90. The molecule has 0 bridgehead atoms. The second kappa shape index (κ2) is 6.78. The molecule has 130 valence electrons. The molecule has 0 aliphatic heterocycles. The van der Waals surface area contributed by atoms with Crippen LogP contribution in [0.3, 0.4) is 0 Å². The Kier molecular flexibility index (Phi) is 4.32. The molecule has 2 aromatic carbocycles. The van der Waals surface area contributed by atoms with E-state index in [1.807, 2.05) is 18.2 Å². The van der Waals surface area contributed by atoms with Gasteiger partial charge in [0.1, 0.15) is 5.75 Å². The number of fused-ring (bicyclic) bond motifs is 3. The van der Waals surface area contributed by atoms with Crippen LogP contribution >= 0.6 is 22.7 Å². The van der Waals surface area contributed by atoms with E-state index in [1.54, 1.807) is 42.7 Å². The normalized spacial score (nSPS) is 10.8. The van der Waals surface area contributed by atoms with E-state index >= 15 is 0 Å². The van der Waals surface area contributed by atoms with Crippen LogP contribution in [-0.4, -0.2) is 18.9 Å². The molecule has 0 unspecified atom stereocenters. The minimum absolute atomic E-state index is 0.329. The topological polar surface area (TPSA) is 67.4 Å². The summed E-state index contributed by atoms with van der Waals surface area (Å²) in [7, 11) is 1.56. The summed E-state index contributed by atoms with van der Waals surface area (Å²) >= 11 is 3.08. The molecule has 0 radical (unpaired) electrons. The molecule has 26 heavy (non-hydrogen) atoms. The standard InChI is InChI=1S/C19H14N2O3S2/c1-24-12-8-6-11(7-9-12)18(22)20-21-19(23)16-10-15-17(26-16)13-4-2-3-5-14(13)25-15/h2-10H,1H3,(H,20,22)(H,21,23). The van der Waals surface area contributed by atoms with Crippen molar-refractivity contribution in [3.05, 3.63) is 65.0 Å². The molecule has 4 rings (SSSR count). The SMILES string of the molecule is COc1ccc(C(=O)NNC(=O)c2cc3sc4ccccc4c3s2)cc1. The van der Waals surface area contributed by atoms with Crippen molar-refractivity contribution in [2.45, 2.75) is 0 Å². The highest BCUT2D eigenvalue weighted by Gasteiger charge is 2.15. The lowest BCUT2D eigenvalue weighted by atomic mass is 10.2. The van der Waals surface area contributed by atoms with Crippen LogP contribution in [0.25, 0.3) is 19.5 Å². The minimum Gasteiger partial charge on any atom is -0.497 e. The van der Waals surface area contributed by atoms with Crippen molar-refractivity contribution >= 4 is 54.0 Å². The second-order valence-electron chi connectivity index (χ2n) is 5.54. The van der Waals surface area contributed by atoms with Gasteiger partial charge in [-0.2, -0.15) is 0 Å². The number of hydrazine groups is 1. The van der Waals surface area contributed by atoms with Gasteiger partial charge < -0.3 is 4.74 Å². The molecule has 0 spiro atoms. The number of nitrogens with one attached hydrogen (secondary N) is 2. The van der Waals surface area contributed by atoms with E-state index in [4.69, 9.17) is 4.74 Å². The number of benzene rings is 2. The van der Waals surface area contributed by atoms with E-state index in [1.165, 1.54) is 16.0 Å². The Labute approximate surface area is 157 Å². The van der Waals surface area contributed by atoms with E-state index in [0.717, 1.165) is 14.8 Å². The maximum absolute atomic E-state index is 12.4. The maximum atomic E-state index is 12.4. The van der Waals surface area contributed by atoms with E-state index in [9.17, 15) is 9.59 Å². The molecule has 0 saturated heterocycles. The molecule has 2 aromatic heterocycles. The smallest absolute Gasteiger partial charge is 0.279 e. The monoisotopic (exact) mass is 382 g/mol. The van der Waals surface area contributed by atoms with Gasteiger partial charge in [0.2, 0.25) is 0 Å². The molecular formula is C19H14N2O3S2. The third-order valence-corrected chi connectivity index (χ3v) is 6.33. The van der Waals surface area contributed by atoms with Gasteiger partial charge in [-0.15, -0.1) is 22.7 Å². The summed E-state index contributed by atoms with van der Waals surface area (Å²) in [5.74, 6) is -0.0503. The highest BCUT2D eigenvalue weighted by Crippen LogP contribution is 2.39. The fourth-order valence-electron chi connectivity index (χ4n) is 2.60. The van der Waals surface area contributed by atoms with Gasteiger partial charge in [-0.05, 0) is 36.4 Å². The van der Waals surface area contributed by atoms with E-state index < -0.39 is 0 Å². The Bertz CT molecular complexity index is 1110. The Morgan fingerprint density at radius 1 is 0.885 bits per heavy atom. The highest BCUT2D eigenvalue weighted by molar-refractivity contribution is 7.33. The Morgan fingerprint density at radius 2 is 1.62 bits per heavy atom. The van der Waals surface area contributed by atoms with Gasteiger partial charge in [0, 0.05) is 20.3 Å². The summed E-state index contributed by atoms with van der Waals surface area (Å²) in [6.45, 7) is 0. The first-order chi connectivity index (χ1) is 12.7. The van der Waals surface area contributed by atoms with Crippen LogP contribution in [0, 0.1) is 0 Å². The molecule has 2 amide bonds. The Balaban J connectivity index is 1.47. The molecule has 7 heteroatoms. The van der Waals surface area contributed by atoms with Crippen LogP contribution < -0.4 is 15.6 Å². The zero-order valence-corrected chi connectivity index (χ0v) is 15.4. The summed E-state index contributed by atoms with van der Waals surface area (Å²) in [4.78, 5) is 25.0. The molecule has 0 atom stereocenters. The number of amides is 2. The number of carbonyl (C=O) groups excluding carboxylic acids is 2. The summed E-state index contributed by atoms with van der Waals surface area (Å²) < 4.78 is 8.43. The predicted molar refractivity (Wildman–Crippen MR) is 105 cm³/mol. The fourth-order valence-corrected chi connectivity index (χ4v) is 5.02.